The van der Waals surface area contributed by atoms with Gasteiger partial charge in [-0.15, -0.1) is 0 Å². The van der Waals surface area contributed by atoms with E-state index in [0.717, 1.165) is 19.6 Å². The summed E-state index contributed by atoms with van der Waals surface area (Å²) in [6, 6.07) is 0.178. The summed E-state index contributed by atoms with van der Waals surface area (Å²) in [5.74, 6) is 0. The third-order valence-electron chi connectivity index (χ3n) is 1.93. The highest BCUT2D eigenvalue weighted by Crippen LogP contribution is 1.97. The lowest BCUT2D eigenvalue weighted by molar-refractivity contribution is 0.176. The number of hydrogen-bond donors (Lipinski definition) is 1. The van der Waals surface area contributed by atoms with Crippen LogP contribution in [0, 0.1) is 0 Å². The van der Waals surface area contributed by atoms with E-state index in [2.05, 4.69) is 4.90 Å². The summed E-state index contributed by atoms with van der Waals surface area (Å²) in [6.45, 7) is 3.76. The second-order valence-corrected chi connectivity index (χ2v) is 3.38. The van der Waals surface area contributed by atoms with E-state index >= 15 is 0 Å². The van der Waals surface area contributed by atoms with E-state index < -0.39 is 0 Å². The van der Waals surface area contributed by atoms with Crippen molar-refractivity contribution in [2.45, 2.75) is 19.4 Å². The van der Waals surface area contributed by atoms with Crippen LogP contribution in [0.5, 0.6) is 0 Å². The highest BCUT2D eigenvalue weighted by atomic mass is 32.1. The molecule has 0 aliphatic carbocycles. The van der Waals surface area contributed by atoms with Gasteiger partial charge in [0.1, 0.15) is 0 Å². The van der Waals surface area contributed by atoms with Crippen molar-refractivity contribution in [1.29, 1.82) is 0 Å². The van der Waals surface area contributed by atoms with Crippen LogP contribution in [0.2, 0.25) is 0 Å². The summed E-state index contributed by atoms with van der Waals surface area (Å²) in [5, 5.41) is 0. The maximum atomic E-state index is 5.50. The Morgan fingerprint density at radius 2 is 2.25 bits per heavy atom. The van der Waals surface area contributed by atoms with Crippen LogP contribution in [0.3, 0.4) is 0 Å². The molecule has 4 heteroatoms. The minimum Gasteiger partial charge on any atom is -0.392 e. The first-order chi connectivity index (χ1) is 5.59. The number of nitrogens with zero attached hydrogens (tertiary/aromatic N) is 1. The van der Waals surface area contributed by atoms with Crippen molar-refractivity contribution >= 4 is 17.2 Å². The van der Waals surface area contributed by atoms with E-state index in [0.29, 0.717) is 4.99 Å². The van der Waals surface area contributed by atoms with Crippen LogP contribution < -0.4 is 5.73 Å². The molecule has 0 saturated heterocycles. The molecule has 0 fully saturated rings. The molecule has 0 aromatic rings. The first kappa shape index (κ1) is 11.8. The van der Waals surface area contributed by atoms with Crippen LogP contribution in [-0.2, 0) is 4.74 Å². The second kappa shape index (κ2) is 6.34. The van der Waals surface area contributed by atoms with Gasteiger partial charge < -0.3 is 10.5 Å². The van der Waals surface area contributed by atoms with E-state index in [4.69, 9.17) is 22.7 Å². The Kier molecular flexibility index (Phi) is 6.24. The smallest absolute Gasteiger partial charge is 0.0899 e. The number of hydrogen-bond acceptors (Lipinski definition) is 3. The molecule has 0 aromatic heterocycles. The fourth-order valence-corrected chi connectivity index (χ4v) is 1.05. The quantitative estimate of drug-likeness (QED) is 0.492. The van der Waals surface area contributed by atoms with Crippen molar-refractivity contribution in [2.24, 2.45) is 5.73 Å². The Labute approximate surface area is 79.9 Å². The Hall–Kier alpha value is -0.190. The number of ether oxygens (including phenoxy) is 1. The lowest BCUT2D eigenvalue weighted by Gasteiger charge is -2.23. The van der Waals surface area contributed by atoms with Gasteiger partial charge in [-0.3, -0.25) is 4.90 Å². The molecule has 12 heavy (non-hydrogen) atoms. The van der Waals surface area contributed by atoms with Crippen molar-refractivity contribution < 1.29 is 4.74 Å². The third kappa shape index (κ3) is 4.64. The largest absolute Gasteiger partial charge is 0.392 e. The van der Waals surface area contributed by atoms with Gasteiger partial charge in [0.05, 0.1) is 11.0 Å². The summed E-state index contributed by atoms with van der Waals surface area (Å²) in [6.07, 6.45) is 1.01. The van der Waals surface area contributed by atoms with Crippen LogP contribution in [0.15, 0.2) is 0 Å². The van der Waals surface area contributed by atoms with E-state index in [-0.39, 0.29) is 6.04 Å². The topological polar surface area (TPSA) is 38.5 Å². The number of thiocarbonyl (C=S) groups is 1. The van der Waals surface area contributed by atoms with Gasteiger partial charge in [-0.25, -0.2) is 0 Å². The van der Waals surface area contributed by atoms with Crippen LogP contribution in [0.1, 0.15) is 13.3 Å². The number of nitrogens with two attached hydrogens (primary N) is 1. The maximum absolute atomic E-state index is 5.50. The van der Waals surface area contributed by atoms with Crippen molar-refractivity contribution in [2.75, 3.05) is 27.3 Å². The SMILES string of the molecule is COCCCN(C)C(C)C(N)=S. The monoisotopic (exact) mass is 190 g/mol. The van der Waals surface area contributed by atoms with E-state index in [9.17, 15) is 0 Å². The minimum atomic E-state index is 0.178. The fraction of sp³-hybridized carbons (Fsp3) is 0.875. The Balaban J connectivity index is 3.56. The summed E-state index contributed by atoms with van der Waals surface area (Å²) in [7, 11) is 3.72. The molecule has 0 aliphatic heterocycles. The molecule has 0 spiro atoms. The first-order valence-electron chi connectivity index (χ1n) is 4.08. The average molecular weight is 190 g/mol. The molecule has 0 bridgehead atoms. The molecule has 1 unspecified atom stereocenters. The van der Waals surface area contributed by atoms with Gasteiger partial charge in [-0.1, -0.05) is 12.2 Å². The van der Waals surface area contributed by atoms with Crippen molar-refractivity contribution in [3.8, 4) is 0 Å². The molecule has 0 saturated carbocycles. The summed E-state index contributed by atoms with van der Waals surface area (Å²) >= 11 is 4.88. The van der Waals surface area contributed by atoms with Gasteiger partial charge in [-0.05, 0) is 20.4 Å². The highest BCUT2D eigenvalue weighted by Gasteiger charge is 2.10. The van der Waals surface area contributed by atoms with Gasteiger partial charge >= 0.3 is 0 Å². The van der Waals surface area contributed by atoms with E-state index in [1.54, 1.807) is 7.11 Å². The molecule has 0 radical (unpaired) electrons. The molecule has 3 nitrogen and oxygen atoms in total. The molecule has 1 atom stereocenters. The molecule has 72 valence electrons. The molecular formula is C8H18N2OS. The molecular weight excluding hydrogens is 172 g/mol. The predicted molar refractivity (Wildman–Crippen MR) is 55.4 cm³/mol. The van der Waals surface area contributed by atoms with E-state index in [1.165, 1.54) is 0 Å². The van der Waals surface area contributed by atoms with Crippen LogP contribution in [0.25, 0.3) is 0 Å². The summed E-state index contributed by atoms with van der Waals surface area (Å²) < 4.78 is 4.94. The predicted octanol–water partition coefficient (Wildman–Crippen LogP) is 0.629. The van der Waals surface area contributed by atoms with Gasteiger partial charge in [0.25, 0.3) is 0 Å². The second-order valence-electron chi connectivity index (χ2n) is 2.91. The van der Waals surface area contributed by atoms with Crippen LogP contribution >= 0.6 is 12.2 Å². The number of methoxy groups -OCH3 is 1. The Morgan fingerprint density at radius 3 is 2.67 bits per heavy atom. The molecule has 0 aliphatic rings. The molecule has 0 heterocycles. The number of rotatable bonds is 6. The molecule has 0 aromatic carbocycles. The van der Waals surface area contributed by atoms with Crippen LogP contribution in [-0.4, -0.2) is 43.2 Å². The molecule has 0 rings (SSSR count). The molecule has 0 amide bonds. The van der Waals surface area contributed by atoms with Gasteiger partial charge in [0.15, 0.2) is 0 Å². The zero-order valence-corrected chi connectivity index (χ0v) is 8.86. The maximum Gasteiger partial charge on any atom is 0.0899 e. The van der Waals surface area contributed by atoms with Crippen molar-refractivity contribution in [3.63, 3.8) is 0 Å². The lowest BCUT2D eigenvalue weighted by atomic mass is 10.3. The molecule has 2 N–H and O–H groups in total. The Morgan fingerprint density at radius 1 is 1.67 bits per heavy atom. The first-order valence-corrected chi connectivity index (χ1v) is 4.49. The van der Waals surface area contributed by atoms with Crippen molar-refractivity contribution in [1.82, 2.24) is 4.90 Å². The zero-order chi connectivity index (χ0) is 9.56. The van der Waals surface area contributed by atoms with Crippen molar-refractivity contribution in [3.05, 3.63) is 0 Å². The van der Waals surface area contributed by atoms with Gasteiger partial charge in [0, 0.05) is 20.3 Å². The lowest BCUT2D eigenvalue weighted by Crippen LogP contribution is -2.39. The minimum absolute atomic E-state index is 0.178. The van der Waals surface area contributed by atoms with Gasteiger partial charge in [0.2, 0.25) is 0 Å². The summed E-state index contributed by atoms with van der Waals surface area (Å²) in [5.41, 5.74) is 5.50. The number of likely N-dealkylation sites (N-methyl/N-ethyl adjacent to an activating group) is 1. The van der Waals surface area contributed by atoms with Crippen LogP contribution in [0.4, 0.5) is 0 Å². The Bertz CT molecular complexity index is 141. The van der Waals surface area contributed by atoms with E-state index in [1.807, 2.05) is 14.0 Å². The summed E-state index contributed by atoms with van der Waals surface area (Å²) in [4.78, 5) is 2.68. The highest BCUT2D eigenvalue weighted by molar-refractivity contribution is 7.80. The fourth-order valence-electron chi connectivity index (χ4n) is 0.869. The zero-order valence-electron chi connectivity index (χ0n) is 8.04. The third-order valence-corrected chi connectivity index (χ3v) is 2.27. The standard InChI is InChI=1S/C8H18N2OS/c1-7(8(9)12)10(2)5-4-6-11-3/h7H,4-6H2,1-3H3,(H2,9,12). The van der Waals surface area contributed by atoms with Gasteiger partial charge in [-0.2, -0.15) is 0 Å². The normalized spacial score (nSPS) is 13.3. The average Bonchev–Trinajstić information content (AvgIpc) is 2.03.